The van der Waals surface area contributed by atoms with E-state index in [9.17, 15) is 4.79 Å². The molecule has 0 atom stereocenters. The molecule has 0 unspecified atom stereocenters. The summed E-state index contributed by atoms with van der Waals surface area (Å²) in [5.74, 6) is -0.384. The fourth-order valence-corrected chi connectivity index (χ4v) is 0.856. The maximum Gasteiger partial charge on any atom is 0.249 e. The van der Waals surface area contributed by atoms with Gasteiger partial charge in [-0.2, -0.15) is 0 Å². The van der Waals surface area contributed by atoms with Crippen LogP contribution in [0.5, 0.6) is 0 Å². The van der Waals surface area contributed by atoms with Gasteiger partial charge in [0.2, 0.25) is 5.91 Å². The van der Waals surface area contributed by atoms with Gasteiger partial charge in [0.15, 0.2) is 0 Å². The van der Waals surface area contributed by atoms with Crippen LogP contribution in [-0.2, 0) is 4.79 Å². The van der Waals surface area contributed by atoms with Crippen LogP contribution in [0.15, 0.2) is 36.1 Å². The van der Waals surface area contributed by atoms with Gasteiger partial charge in [-0.1, -0.05) is 24.3 Å². The highest BCUT2D eigenvalue weighted by Gasteiger charge is 1.96. The summed E-state index contributed by atoms with van der Waals surface area (Å²) in [6.07, 6.45) is 10.2. The van der Waals surface area contributed by atoms with E-state index in [4.69, 9.17) is 5.11 Å². The zero-order valence-corrected chi connectivity index (χ0v) is 6.66. The van der Waals surface area contributed by atoms with Gasteiger partial charge in [0, 0.05) is 6.20 Å². The fourth-order valence-electron chi connectivity index (χ4n) is 0.856. The molecule has 0 aromatic carbocycles. The first kappa shape index (κ1) is 8.74. The molecular formula is C9H11NO2. The summed E-state index contributed by atoms with van der Waals surface area (Å²) < 4.78 is 0. The molecule has 1 aliphatic rings. The van der Waals surface area contributed by atoms with Crippen molar-refractivity contribution >= 4 is 5.91 Å². The molecule has 0 radical (unpaired) electrons. The average molecular weight is 165 g/mol. The molecule has 12 heavy (non-hydrogen) atoms. The molecule has 64 valence electrons. The summed E-state index contributed by atoms with van der Waals surface area (Å²) in [5, 5.41) is 10.9. The van der Waals surface area contributed by atoms with Gasteiger partial charge in [0.25, 0.3) is 0 Å². The van der Waals surface area contributed by atoms with Crippen molar-refractivity contribution < 1.29 is 9.90 Å². The van der Waals surface area contributed by atoms with E-state index in [0.29, 0.717) is 0 Å². The third-order valence-corrected chi connectivity index (χ3v) is 1.47. The zero-order chi connectivity index (χ0) is 8.81. The molecule has 1 amide bonds. The summed E-state index contributed by atoms with van der Waals surface area (Å²) >= 11 is 0. The Morgan fingerprint density at radius 3 is 3.08 bits per heavy atom. The second kappa shape index (κ2) is 4.51. The highest BCUT2D eigenvalue weighted by molar-refractivity contribution is 5.78. The van der Waals surface area contributed by atoms with E-state index in [0.717, 1.165) is 12.0 Å². The summed E-state index contributed by atoms with van der Waals surface area (Å²) in [4.78, 5) is 10.6. The molecule has 0 heterocycles. The van der Waals surface area contributed by atoms with Crippen molar-refractivity contribution in [3.8, 4) is 0 Å². The second-order valence-corrected chi connectivity index (χ2v) is 2.44. The van der Waals surface area contributed by atoms with Gasteiger partial charge in [0.1, 0.15) is 6.61 Å². The number of carbonyl (C=O) groups is 1. The number of hydrogen-bond donors (Lipinski definition) is 2. The van der Waals surface area contributed by atoms with Gasteiger partial charge in [0.05, 0.1) is 0 Å². The van der Waals surface area contributed by atoms with Gasteiger partial charge in [-0.05, 0) is 12.0 Å². The quantitative estimate of drug-likeness (QED) is 0.625. The summed E-state index contributed by atoms with van der Waals surface area (Å²) in [6.45, 7) is -0.469. The normalized spacial score (nSPS) is 18.2. The lowest BCUT2D eigenvalue weighted by atomic mass is 10.1. The minimum atomic E-state index is -0.469. The van der Waals surface area contributed by atoms with E-state index in [1.807, 2.05) is 24.3 Å². The van der Waals surface area contributed by atoms with Crippen molar-refractivity contribution in [3.63, 3.8) is 0 Å². The van der Waals surface area contributed by atoms with Gasteiger partial charge < -0.3 is 10.4 Å². The first-order chi connectivity index (χ1) is 5.83. The third-order valence-electron chi connectivity index (χ3n) is 1.47. The number of rotatable bonds is 2. The summed E-state index contributed by atoms with van der Waals surface area (Å²) in [6, 6.07) is 0. The van der Waals surface area contributed by atoms with Crippen molar-refractivity contribution in [3.05, 3.63) is 36.1 Å². The maximum absolute atomic E-state index is 10.6. The van der Waals surface area contributed by atoms with Crippen LogP contribution in [0.4, 0.5) is 0 Å². The molecule has 0 saturated heterocycles. The number of hydrogen-bond acceptors (Lipinski definition) is 2. The Morgan fingerprint density at radius 2 is 2.50 bits per heavy atom. The maximum atomic E-state index is 10.6. The Labute approximate surface area is 71.1 Å². The smallest absolute Gasteiger partial charge is 0.249 e. The molecule has 2 N–H and O–H groups in total. The van der Waals surface area contributed by atoms with Gasteiger partial charge >= 0.3 is 0 Å². The van der Waals surface area contributed by atoms with Crippen molar-refractivity contribution in [2.75, 3.05) is 6.61 Å². The number of nitrogens with one attached hydrogen (secondary N) is 1. The van der Waals surface area contributed by atoms with Crippen LogP contribution in [0, 0.1) is 0 Å². The molecule has 3 nitrogen and oxygen atoms in total. The molecule has 0 bridgehead atoms. The van der Waals surface area contributed by atoms with E-state index in [1.165, 1.54) is 0 Å². The van der Waals surface area contributed by atoms with E-state index in [2.05, 4.69) is 5.32 Å². The summed E-state index contributed by atoms with van der Waals surface area (Å²) in [7, 11) is 0. The lowest BCUT2D eigenvalue weighted by Crippen LogP contribution is -2.20. The van der Waals surface area contributed by atoms with E-state index in [-0.39, 0.29) is 5.91 Å². The van der Waals surface area contributed by atoms with Crippen molar-refractivity contribution in [2.24, 2.45) is 0 Å². The minimum absolute atomic E-state index is 0.384. The highest BCUT2D eigenvalue weighted by Crippen LogP contribution is 2.07. The summed E-state index contributed by atoms with van der Waals surface area (Å²) in [5.41, 5.74) is 1.03. The highest BCUT2D eigenvalue weighted by atomic mass is 16.3. The lowest BCUT2D eigenvalue weighted by Gasteiger charge is -2.02. The van der Waals surface area contributed by atoms with Crippen molar-refractivity contribution in [1.29, 1.82) is 0 Å². The van der Waals surface area contributed by atoms with Crippen LogP contribution in [-0.4, -0.2) is 17.6 Å². The SMILES string of the molecule is O=C(CO)NC=C1C=CC=CC1. The Hall–Kier alpha value is -1.35. The zero-order valence-electron chi connectivity index (χ0n) is 6.66. The molecule has 1 rings (SSSR count). The number of aliphatic hydroxyl groups is 1. The Balaban J connectivity index is 2.42. The first-order valence-electron chi connectivity index (χ1n) is 3.75. The largest absolute Gasteiger partial charge is 0.387 e. The Kier molecular flexibility index (Phi) is 3.29. The monoisotopic (exact) mass is 165 g/mol. The van der Waals surface area contributed by atoms with Crippen LogP contribution < -0.4 is 5.32 Å². The van der Waals surface area contributed by atoms with Gasteiger partial charge in [-0.15, -0.1) is 0 Å². The molecule has 1 aliphatic carbocycles. The van der Waals surface area contributed by atoms with E-state index in [1.54, 1.807) is 6.20 Å². The van der Waals surface area contributed by atoms with Gasteiger partial charge in [-0.3, -0.25) is 4.79 Å². The van der Waals surface area contributed by atoms with Crippen molar-refractivity contribution in [1.82, 2.24) is 5.32 Å². The molecule has 3 heteroatoms. The Morgan fingerprint density at radius 1 is 1.67 bits per heavy atom. The molecule has 0 aromatic heterocycles. The van der Waals surface area contributed by atoms with Crippen LogP contribution in [0.3, 0.4) is 0 Å². The standard InChI is InChI=1S/C9H11NO2/c11-7-9(12)10-6-8-4-2-1-3-5-8/h1-4,6,11H,5,7H2,(H,10,12). The van der Waals surface area contributed by atoms with E-state index < -0.39 is 6.61 Å². The molecular weight excluding hydrogens is 154 g/mol. The molecule has 0 aliphatic heterocycles. The van der Waals surface area contributed by atoms with Crippen molar-refractivity contribution in [2.45, 2.75) is 6.42 Å². The molecule has 0 aromatic rings. The van der Waals surface area contributed by atoms with E-state index >= 15 is 0 Å². The number of amides is 1. The molecule has 0 fully saturated rings. The fraction of sp³-hybridized carbons (Fsp3) is 0.222. The van der Waals surface area contributed by atoms with Crippen LogP contribution >= 0.6 is 0 Å². The van der Waals surface area contributed by atoms with Gasteiger partial charge in [-0.25, -0.2) is 0 Å². The number of aliphatic hydroxyl groups excluding tert-OH is 1. The Bertz CT molecular complexity index is 251. The predicted molar refractivity (Wildman–Crippen MR) is 46.2 cm³/mol. The first-order valence-corrected chi connectivity index (χ1v) is 3.75. The average Bonchev–Trinajstić information content (AvgIpc) is 2.16. The number of carbonyl (C=O) groups excluding carboxylic acids is 1. The minimum Gasteiger partial charge on any atom is -0.387 e. The van der Waals surface area contributed by atoms with Crippen LogP contribution in [0.1, 0.15) is 6.42 Å². The topological polar surface area (TPSA) is 49.3 Å². The van der Waals surface area contributed by atoms with Crippen LogP contribution in [0.25, 0.3) is 0 Å². The third kappa shape index (κ3) is 2.72. The second-order valence-electron chi connectivity index (χ2n) is 2.44. The number of allylic oxidation sites excluding steroid dienone is 5. The van der Waals surface area contributed by atoms with Crippen LogP contribution in [0.2, 0.25) is 0 Å². The predicted octanol–water partition coefficient (Wildman–Crippen LogP) is 0.495. The molecule has 0 spiro atoms. The molecule has 0 saturated carbocycles. The lowest BCUT2D eigenvalue weighted by molar-refractivity contribution is -0.122.